The summed E-state index contributed by atoms with van der Waals surface area (Å²) in [6.45, 7) is 5.50. The molecule has 2 amide bonds. The highest BCUT2D eigenvalue weighted by Crippen LogP contribution is 2.42. The van der Waals surface area contributed by atoms with Crippen molar-refractivity contribution in [3.63, 3.8) is 0 Å². The highest BCUT2D eigenvalue weighted by atomic mass is 35.5. The van der Waals surface area contributed by atoms with Gasteiger partial charge in [-0.25, -0.2) is 0 Å². The maximum Gasteiger partial charge on any atom is 0.228 e. The largest absolute Gasteiger partial charge is 0.494 e. The third kappa shape index (κ3) is 4.45. The summed E-state index contributed by atoms with van der Waals surface area (Å²) < 4.78 is 5.53. The van der Waals surface area contributed by atoms with E-state index < -0.39 is 0 Å². The molecular formula is C23H28ClN3O3. The van der Waals surface area contributed by atoms with Crippen molar-refractivity contribution < 1.29 is 14.3 Å². The minimum absolute atomic E-state index is 0. The molecule has 0 spiro atoms. The Hall–Kier alpha value is -2.57. The van der Waals surface area contributed by atoms with E-state index in [-0.39, 0.29) is 42.6 Å². The molecule has 0 aliphatic carbocycles. The van der Waals surface area contributed by atoms with Crippen LogP contribution in [-0.2, 0) is 9.59 Å². The summed E-state index contributed by atoms with van der Waals surface area (Å²) in [6, 6.07) is 17.1. The number of benzene rings is 2. The molecule has 1 N–H and O–H groups in total. The van der Waals surface area contributed by atoms with E-state index in [1.54, 1.807) is 4.90 Å². The van der Waals surface area contributed by atoms with Crippen LogP contribution in [0.3, 0.4) is 0 Å². The standard InChI is InChI=1S/C23H27N3O3.ClH/c1-2-29-19-10-8-18(9-11-19)26-21(27)16-20(22(26)17-6-4-3-5-7-17)23(28)25-14-12-24-13-15-25;/h3-11,20,22,24H,2,12-16H2,1H3;1H/t20-,22-;/m1./s1. The SMILES string of the molecule is CCOc1ccc(N2C(=O)C[C@@H](C(=O)N3CCNCC3)[C@H]2c2ccccc2)cc1.Cl. The van der Waals surface area contributed by atoms with Crippen LogP contribution in [0.25, 0.3) is 0 Å². The van der Waals surface area contributed by atoms with Crippen LogP contribution in [0.2, 0.25) is 0 Å². The fourth-order valence-corrected chi connectivity index (χ4v) is 4.28. The molecule has 0 saturated carbocycles. The zero-order valence-corrected chi connectivity index (χ0v) is 17.9. The predicted octanol–water partition coefficient (Wildman–Crippen LogP) is 3.03. The number of carbonyl (C=O) groups excluding carboxylic acids is 2. The van der Waals surface area contributed by atoms with Gasteiger partial charge >= 0.3 is 0 Å². The molecule has 30 heavy (non-hydrogen) atoms. The average Bonchev–Trinajstić information content (AvgIpc) is 3.12. The van der Waals surface area contributed by atoms with Gasteiger partial charge in [0.25, 0.3) is 0 Å². The normalized spacial score (nSPS) is 21.3. The number of halogens is 1. The average molecular weight is 430 g/mol. The smallest absolute Gasteiger partial charge is 0.228 e. The highest BCUT2D eigenvalue weighted by Gasteiger charge is 2.46. The van der Waals surface area contributed by atoms with Crippen LogP contribution in [0.4, 0.5) is 5.69 Å². The Morgan fingerprint density at radius 2 is 1.73 bits per heavy atom. The van der Waals surface area contributed by atoms with Gasteiger partial charge in [0.15, 0.2) is 0 Å². The molecule has 6 nitrogen and oxygen atoms in total. The van der Waals surface area contributed by atoms with Crippen LogP contribution >= 0.6 is 12.4 Å². The van der Waals surface area contributed by atoms with Crippen molar-refractivity contribution in [2.24, 2.45) is 5.92 Å². The quantitative estimate of drug-likeness (QED) is 0.793. The van der Waals surface area contributed by atoms with Gasteiger partial charge in [-0.05, 0) is 36.8 Å². The Labute approximate surface area is 183 Å². The summed E-state index contributed by atoms with van der Waals surface area (Å²) in [7, 11) is 0. The van der Waals surface area contributed by atoms with Crippen LogP contribution in [0.1, 0.15) is 24.9 Å². The highest BCUT2D eigenvalue weighted by molar-refractivity contribution is 6.01. The van der Waals surface area contributed by atoms with E-state index >= 15 is 0 Å². The van der Waals surface area contributed by atoms with E-state index in [4.69, 9.17) is 4.74 Å². The minimum Gasteiger partial charge on any atom is -0.494 e. The van der Waals surface area contributed by atoms with Gasteiger partial charge in [-0.1, -0.05) is 30.3 Å². The Morgan fingerprint density at radius 3 is 2.37 bits per heavy atom. The molecule has 0 aromatic heterocycles. The number of amides is 2. The third-order valence-corrected chi connectivity index (χ3v) is 5.64. The first-order valence-electron chi connectivity index (χ1n) is 10.3. The summed E-state index contributed by atoms with van der Waals surface area (Å²) in [6.07, 6.45) is 0.232. The van der Waals surface area contributed by atoms with Gasteiger partial charge in [-0.2, -0.15) is 0 Å². The van der Waals surface area contributed by atoms with Gasteiger partial charge in [-0.15, -0.1) is 12.4 Å². The third-order valence-electron chi connectivity index (χ3n) is 5.64. The molecular weight excluding hydrogens is 402 g/mol. The van der Waals surface area contributed by atoms with Crippen molar-refractivity contribution in [3.8, 4) is 5.75 Å². The lowest BCUT2D eigenvalue weighted by molar-refractivity contribution is -0.137. The van der Waals surface area contributed by atoms with Crippen LogP contribution in [-0.4, -0.2) is 49.5 Å². The number of rotatable bonds is 5. The zero-order valence-electron chi connectivity index (χ0n) is 17.1. The fraction of sp³-hybridized carbons (Fsp3) is 0.391. The Morgan fingerprint density at radius 1 is 1.07 bits per heavy atom. The van der Waals surface area contributed by atoms with Crippen molar-refractivity contribution in [3.05, 3.63) is 60.2 Å². The summed E-state index contributed by atoms with van der Waals surface area (Å²) in [5.74, 6) is 0.445. The van der Waals surface area contributed by atoms with Gasteiger partial charge < -0.3 is 19.9 Å². The summed E-state index contributed by atoms with van der Waals surface area (Å²) in [5, 5.41) is 3.28. The first-order chi connectivity index (χ1) is 14.2. The van der Waals surface area contributed by atoms with Crippen molar-refractivity contribution in [2.45, 2.75) is 19.4 Å². The molecule has 2 atom stereocenters. The molecule has 2 heterocycles. The van der Waals surface area contributed by atoms with E-state index in [9.17, 15) is 9.59 Å². The number of nitrogens with zero attached hydrogens (tertiary/aromatic N) is 2. The van der Waals surface area contributed by atoms with Gasteiger partial charge in [0.1, 0.15) is 5.75 Å². The lowest BCUT2D eigenvalue weighted by Crippen LogP contribution is -2.49. The van der Waals surface area contributed by atoms with E-state index in [0.29, 0.717) is 19.7 Å². The molecule has 0 unspecified atom stereocenters. The molecule has 2 aromatic carbocycles. The second kappa shape index (κ2) is 9.96. The monoisotopic (exact) mass is 429 g/mol. The number of hydrogen-bond donors (Lipinski definition) is 1. The predicted molar refractivity (Wildman–Crippen MR) is 119 cm³/mol. The minimum atomic E-state index is -0.380. The number of piperazine rings is 1. The molecule has 2 fully saturated rings. The van der Waals surface area contributed by atoms with Crippen LogP contribution in [0, 0.1) is 5.92 Å². The van der Waals surface area contributed by atoms with Gasteiger partial charge in [-0.3, -0.25) is 9.59 Å². The van der Waals surface area contributed by atoms with Gasteiger partial charge in [0.05, 0.1) is 18.6 Å². The Balaban J connectivity index is 0.00000256. The lowest BCUT2D eigenvalue weighted by atomic mass is 9.92. The van der Waals surface area contributed by atoms with Crippen LogP contribution in [0.15, 0.2) is 54.6 Å². The summed E-state index contributed by atoms with van der Waals surface area (Å²) >= 11 is 0. The molecule has 4 rings (SSSR count). The van der Waals surface area contributed by atoms with E-state index in [0.717, 1.165) is 30.1 Å². The number of carbonyl (C=O) groups is 2. The van der Waals surface area contributed by atoms with E-state index in [1.807, 2.05) is 66.4 Å². The van der Waals surface area contributed by atoms with E-state index in [2.05, 4.69) is 5.32 Å². The van der Waals surface area contributed by atoms with Crippen molar-refractivity contribution in [2.75, 3.05) is 37.7 Å². The molecule has 0 bridgehead atoms. The van der Waals surface area contributed by atoms with Crippen LogP contribution in [0.5, 0.6) is 5.75 Å². The van der Waals surface area contributed by atoms with Crippen molar-refractivity contribution in [1.29, 1.82) is 0 Å². The van der Waals surface area contributed by atoms with E-state index in [1.165, 1.54) is 0 Å². The van der Waals surface area contributed by atoms with Crippen molar-refractivity contribution >= 4 is 29.9 Å². The zero-order chi connectivity index (χ0) is 20.2. The lowest BCUT2D eigenvalue weighted by Gasteiger charge is -2.33. The Bertz CT molecular complexity index is 854. The van der Waals surface area contributed by atoms with Gasteiger partial charge in [0.2, 0.25) is 11.8 Å². The number of anilines is 1. The summed E-state index contributed by atoms with van der Waals surface area (Å²) in [5.41, 5.74) is 1.78. The molecule has 160 valence electrons. The molecule has 2 aromatic rings. The fourth-order valence-electron chi connectivity index (χ4n) is 4.28. The van der Waals surface area contributed by atoms with Crippen LogP contribution < -0.4 is 15.0 Å². The molecule has 7 heteroatoms. The number of hydrogen-bond acceptors (Lipinski definition) is 4. The van der Waals surface area contributed by atoms with Crippen molar-refractivity contribution in [1.82, 2.24) is 10.2 Å². The maximum atomic E-state index is 13.3. The first kappa shape index (κ1) is 22.1. The molecule has 2 aliphatic heterocycles. The topological polar surface area (TPSA) is 61.9 Å². The first-order valence-corrected chi connectivity index (χ1v) is 10.3. The maximum absolute atomic E-state index is 13.3. The Kier molecular flexibility index (Phi) is 7.34. The number of ether oxygens (including phenoxy) is 1. The second-order valence-electron chi connectivity index (χ2n) is 7.43. The summed E-state index contributed by atoms with van der Waals surface area (Å²) in [4.78, 5) is 30.1. The van der Waals surface area contributed by atoms with Gasteiger partial charge in [0, 0.05) is 38.3 Å². The second-order valence-corrected chi connectivity index (χ2v) is 7.43. The molecule has 2 saturated heterocycles. The molecule has 2 aliphatic rings. The molecule has 0 radical (unpaired) electrons. The number of nitrogens with one attached hydrogen (secondary N) is 1.